The maximum Gasteiger partial charge on any atom is 0.118 e. The maximum absolute atomic E-state index is 5.48. The fourth-order valence-corrected chi connectivity index (χ4v) is 2.66. The van der Waals surface area contributed by atoms with Crippen molar-refractivity contribution in [1.82, 2.24) is 9.80 Å². The highest BCUT2D eigenvalue weighted by atomic mass is 16.5. The summed E-state index contributed by atoms with van der Waals surface area (Å²) < 4.78 is 10.7. The SMILES string of the molecule is COc1ccc(C(CCN(C)C)N2CCOCC2)cc1. The Morgan fingerprint density at radius 2 is 1.85 bits per heavy atom. The van der Waals surface area contributed by atoms with Crippen molar-refractivity contribution in [3.05, 3.63) is 29.8 Å². The van der Waals surface area contributed by atoms with Gasteiger partial charge in [0, 0.05) is 19.1 Å². The Balaban J connectivity index is 2.10. The minimum Gasteiger partial charge on any atom is -0.497 e. The molecule has 0 aliphatic carbocycles. The lowest BCUT2D eigenvalue weighted by Crippen LogP contribution is -2.40. The van der Waals surface area contributed by atoms with E-state index in [4.69, 9.17) is 9.47 Å². The molecule has 0 spiro atoms. The quantitative estimate of drug-likeness (QED) is 0.795. The molecule has 1 aliphatic heterocycles. The van der Waals surface area contributed by atoms with Crippen LogP contribution in [0.4, 0.5) is 0 Å². The number of methoxy groups -OCH3 is 1. The van der Waals surface area contributed by atoms with Gasteiger partial charge in [0.25, 0.3) is 0 Å². The number of hydrogen-bond acceptors (Lipinski definition) is 4. The Labute approximate surface area is 122 Å². The van der Waals surface area contributed by atoms with Crippen LogP contribution in [0, 0.1) is 0 Å². The maximum atomic E-state index is 5.48. The number of ether oxygens (including phenoxy) is 2. The van der Waals surface area contributed by atoms with Crippen molar-refractivity contribution in [1.29, 1.82) is 0 Å². The zero-order valence-corrected chi connectivity index (χ0v) is 12.8. The average molecular weight is 278 g/mol. The Morgan fingerprint density at radius 1 is 1.20 bits per heavy atom. The van der Waals surface area contributed by atoms with Crippen LogP contribution >= 0.6 is 0 Å². The molecule has 1 heterocycles. The normalized spacial score (nSPS) is 18.2. The van der Waals surface area contributed by atoms with E-state index < -0.39 is 0 Å². The van der Waals surface area contributed by atoms with Crippen molar-refractivity contribution in [3.8, 4) is 5.75 Å². The smallest absolute Gasteiger partial charge is 0.118 e. The molecule has 0 radical (unpaired) electrons. The lowest BCUT2D eigenvalue weighted by molar-refractivity contribution is 0.0129. The summed E-state index contributed by atoms with van der Waals surface area (Å²) in [5.74, 6) is 0.919. The summed E-state index contributed by atoms with van der Waals surface area (Å²) in [5.41, 5.74) is 1.37. The van der Waals surface area contributed by atoms with Gasteiger partial charge in [0.1, 0.15) is 5.75 Å². The molecule has 0 bridgehead atoms. The highest BCUT2D eigenvalue weighted by molar-refractivity contribution is 5.29. The fourth-order valence-electron chi connectivity index (χ4n) is 2.66. The third kappa shape index (κ3) is 4.20. The minimum absolute atomic E-state index is 0.465. The van der Waals surface area contributed by atoms with Crippen molar-refractivity contribution in [2.75, 3.05) is 54.1 Å². The summed E-state index contributed by atoms with van der Waals surface area (Å²) in [5, 5.41) is 0. The molecule has 2 rings (SSSR count). The van der Waals surface area contributed by atoms with E-state index >= 15 is 0 Å². The molecule has 1 fully saturated rings. The Hall–Kier alpha value is -1.10. The number of morpholine rings is 1. The monoisotopic (exact) mass is 278 g/mol. The second kappa shape index (κ2) is 7.62. The van der Waals surface area contributed by atoms with Gasteiger partial charge in [-0.2, -0.15) is 0 Å². The molecule has 4 nitrogen and oxygen atoms in total. The van der Waals surface area contributed by atoms with E-state index in [1.54, 1.807) is 7.11 Å². The molecule has 0 saturated carbocycles. The molecule has 1 aromatic rings. The van der Waals surface area contributed by atoms with Crippen LogP contribution < -0.4 is 4.74 Å². The first-order valence-corrected chi connectivity index (χ1v) is 7.31. The predicted molar refractivity (Wildman–Crippen MR) is 81.3 cm³/mol. The molecule has 0 N–H and O–H groups in total. The summed E-state index contributed by atoms with van der Waals surface area (Å²) in [7, 11) is 5.97. The molecule has 20 heavy (non-hydrogen) atoms. The van der Waals surface area contributed by atoms with Gasteiger partial charge in [0.15, 0.2) is 0 Å². The zero-order chi connectivity index (χ0) is 14.4. The molecule has 1 aromatic carbocycles. The molecule has 1 unspecified atom stereocenters. The van der Waals surface area contributed by atoms with Gasteiger partial charge < -0.3 is 14.4 Å². The molecule has 4 heteroatoms. The number of rotatable bonds is 6. The summed E-state index contributed by atoms with van der Waals surface area (Å²) in [6.07, 6.45) is 1.14. The van der Waals surface area contributed by atoms with Crippen LogP contribution in [0.25, 0.3) is 0 Å². The number of benzene rings is 1. The van der Waals surface area contributed by atoms with Gasteiger partial charge in [0.05, 0.1) is 20.3 Å². The number of hydrogen-bond donors (Lipinski definition) is 0. The zero-order valence-electron chi connectivity index (χ0n) is 12.8. The van der Waals surface area contributed by atoms with Crippen molar-refractivity contribution in [2.24, 2.45) is 0 Å². The third-order valence-electron chi connectivity index (χ3n) is 3.84. The van der Waals surface area contributed by atoms with Gasteiger partial charge in [-0.15, -0.1) is 0 Å². The van der Waals surface area contributed by atoms with Gasteiger partial charge in [-0.1, -0.05) is 12.1 Å². The molecule has 0 amide bonds. The van der Waals surface area contributed by atoms with E-state index in [1.807, 2.05) is 0 Å². The Bertz CT molecular complexity index is 386. The molecule has 1 atom stereocenters. The van der Waals surface area contributed by atoms with E-state index in [2.05, 4.69) is 48.2 Å². The van der Waals surface area contributed by atoms with Crippen LogP contribution in [-0.2, 0) is 4.74 Å². The van der Waals surface area contributed by atoms with E-state index in [9.17, 15) is 0 Å². The van der Waals surface area contributed by atoms with E-state index in [0.717, 1.165) is 45.0 Å². The molecular formula is C16H26N2O2. The van der Waals surface area contributed by atoms with E-state index in [-0.39, 0.29) is 0 Å². The average Bonchev–Trinajstić information content (AvgIpc) is 2.49. The summed E-state index contributed by atoms with van der Waals surface area (Å²) in [4.78, 5) is 4.78. The standard InChI is InChI=1S/C16H26N2O2/c1-17(2)9-8-16(18-10-12-20-13-11-18)14-4-6-15(19-3)7-5-14/h4-7,16H,8-13H2,1-3H3. The van der Waals surface area contributed by atoms with Crippen molar-refractivity contribution in [3.63, 3.8) is 0 Å². The lowest BCUT2D eigenvalue weighted by atomic mass is 10.0. The van der Waals surface area contributed by atoms with E-state index in [0.29, 0.717) is 6.04 Å². The van der Waals surface area contributed by atoms with Gasteiger partial charge >= 0.3 is 0 Å². The van der Waals surface area contributed by atoms with Gasteiger partial charge in [-0.05, 0) is 44.8 Å². The van der Waals surface area contributed by atoms with Gasteiger partial charge in [-0.3, -0.25) is 4.90 Å². The second-order valence-corrected chi connectivity index (χ2v) is 5.53. The van der Waals surface area contributed by atoms with Crippen LogP contribution in [0.2, 0.25) is 0 Å². The summed E-state index contributed by atoms with van der Waals surface area (Å²) >= 11 is 0. The van der Waals surface area contributed by atoms with Crippen molar-refractivity contribution < 1.29 is 9.47 Å². The topological polar surface area (TPSA) is 24.9 Å². The van der Waals surface area contributed by atoms with Crippen molar-refractivity contribution in [2.45, 2.75) is 12.5 Å². The highest BCUT2D eigenvalue weighted by Gasteiger charge is 2.22. The molecule has 112 valence electrons. The molecule has 1 aliphatic rings. The van der Waals surface area contributed by atoms with Gasteiger partial charge in [0.2, 0.25) is 0 Å². The highest BCUT2D eigenvalue weighted by Crippen LogP contribution is 2.27. The Kier molecular flexibility index (Phi) is 5.83. The van der Waals surface area contributed by atoms with Crippen LogP contribution in [0.1, 0.15) is 18.0 Å². The summed E-state index contributed by atoms with van der Waals surface area (Å²) in [6.45, 7) is 4.81. The van der Waals surface area contributed by atoms with Crippen LogP contribution in [0.5, 0.6) is 5.75 Å². The molecular weight excluding hydrogens is 252 g/mol. The first-order chi connectivity index (χ1) is 9.70. The predicted octanol–water partition coefficient (Wildman–Crippen LogP) is 2.02. The van der Waals surface area contributed by atoms with Gasteiger partial charge in [-0.25, -0.2) is 0 Å². The first kappa shape index (κ1) is 15.3. The Morgan fingerprint density at radius 3 is 2.40 bits per heavy atom. The first-order valence-electron chi connectivity index (χ1n) is 7.31. The molecule has 0 aromatic heterocycles. The minimum atomic E-state index is 0.465. The van der Waals surface area contributed by atoms with Crippen LogP contribution in [0.3, 0.4) is 0 Å². The fraction of sp³-hybridized carbons (Fsp3) is 0.625. The largest absolute Gasteiger partial charge is 0.497 e. The van der Waals surface area contributed by atoms with Crippen LogP contribution in [0.15, 0.2) is 24.3 Å². The van der Waals surface area contributed by atoms with Crippen LogP contribution in [-0.4, -0.2) is 63.9 Å². The lowest BCUT2D eigenvalue weighted by Gasteiger charge is -2.35. The van der Waals surface area contributed by atoms with E-state index in [1.165, 1.54) is 5.56 Å². The second-order valence-electron chi connectivity index (χ2n) is 5.53. The van der Waals surface area contributed by atoms with Crippen molar-refractivity contribution >= 4 is 0 Å². The molecule has 1 saturated heterocycles. The summed E-state index contributed by atoms with van der Waals surface area (Å²) in [6, 6.07) is 8.95. The third-order valence-corrected chi connectivity index (χ3v) is 3.84. The number of nitrogens with zero attached hydrogens (tertiary/aromatic N) is 2.